The monoisotopic (exact) mass is 435 g/mol. The van der Waals surface area contributed by atoms with Gasteiger partial charge in [-0.05, 0) is 42.0 Å². The Kier molecular flexibility index (Phi) is 5.45. The van der Waals surface area contributed by atoms with Crippen LogP contribution < -0.4 is 10.5 Å². The number of nitrogens with two attached hydrogens (primary N) is 1. The van der Waals surface area contributed by atoms with E-state index in [1.807, 2.05) is 35.0 Å². The molecular weight excluding hydrogens is 418 g/mol. The second-order valence-corrected chi connectivity index (χ2v) is 8.41. The number of hydrogen-bond donors (Lipinski definition) is 2. The molecule has 1 heterocycles. The predicted octanol–water partition coefficient (Wildman–Crippen LogP) is 2.76. The lowest BCUT2D eigenvalue weighted by molar-refractivity contribution is -0.121. The van der Waals surface area contributed by atoms with E-state index < -0.39 is 10.0 Å². The fourth-order valence-electron chi connectivity index (χ4n) is 2.67. The Morgan fingerprint density at radius 1 is 1.12 bits per heavy atom. The van der Waals surface area contributed by atoms with Crippen LogP contribution in [0.3, 0.4) is 0 Å². The number of aryl methyl sites for hydroxylation is 1. The number of rotatable bonds is 6. The summed E-state index contributed by atoms with van der Waals surface area (Å²) >= 11 is 3.45. The Bertz CT molecular complexity index is 1040. The van der Waals surface area contributed by atoms with Gasteiger partial charge < -0.3 is 9.88 Å². The maximum atomic E-state index is 12.1. The third-order valence-corrected chi connectivity index (χ3v) is 5.48. The maximum Gasteiger partial charge on any atom is 0.238 e. The van der Waals surface area contributed by atoms with Crippen molar-refractivity contribution in [1.29, 1.82) is 0 Å². The summed E-state index contributed by atoms with van der Waals surface area (Å²) in [5.41, 5.74) is 1.89. The highest BCUT2D eigenvalue weighted by molar-refractivity contribution is 9.10. The summed E-state index contributed by atoms with van der Waals surface area (Å²) < 4.78 is 25.5. The summed E-state index contributed by atoms with van der Waals surface area (Å²) in [6, 6.07) is 14.2. The second-order valence-electron chi connectivity index (χ2n) is 5.93. The molecule has 0 saturated carbocycles. The summed E-state index contributed by atoms with van der Waals surface area (Å²) in [6.07, 6.45) is 2.32. The van der Waals surface area contributed by atoms with Crippen LogP contribution in [-0.2, 0) is 27.9 Å². The van der Waals surface area contributed by atoms with Crippen molar-refractivity contribution in [2.24, 2.45) is 5.14 Å². The Morgan fingerprint density at radius 2 is 1.85 bits per heavy atom. The quantitative estimate of drug-likeness (QED) is 0.622. The highest BCUT2D eigenvalue weighted by Gasteiger charge is 2.08. The fourth-order valence-corrected chi connectivity index (χ4v) is 3.57. The van der Waals surface area contributed by atoms with Crippen molar-refractivity contribution >= 4 is 42.8 Å². The van der Waals surface area contributed by atoms with E-state index in [0.717, 1.165) is 20.9 Å². The van der Waals surface area contributed by atoms with Gasteiger partial charge in [0.05, 0.1) is 4.90 Å². The lowest BCUT2D eigenvalue weighted by Gasteiger charge is -2.08. The molecule has 1 amide bonds. The SMILES string of the molecule is NS(=O)(=O)c1ccc(CNC(=O)CCn2ccc3cc(Br)ccc32)cc1. The third-order valence-electron chi connectivity index (χ3n) is 4.05. The molecule has 8 heteroatoms. The molecule has 0 spiro atoms. The van der Waals surface area contributed by atoms with Crippen molar-refractivity contribution in [2.45, 2.75) is 24.4 Å². The van der Waals surface area contributed by atoms with Crippen molar-refractivity contribution in [1.82, 2.24) is 9.88 Å². The molecular formula is C18H18BrN3O3S. The summed E-state index contributed by atoms with van der Waals surface area (Å²) in [6.45, 7) is 0.921. The van der Waals surface area contributed by atoms with Crippen molar-refractivity contribution in [3.63, 3.8) is 0 Å². The van der Waals surface area contributed by atoms with Crippen molar-refractivity contribution < 1.29 is 13.2 Å². The Balaban J connectivity index is 1.54. The molecule has 0 aliphatic carbocycles. The van der Waals surface area contributed by atoms with Gasteiger partial charge in [-0.3, -0.25) is 4.79 Å². The molecule has 3 aromatic rings. The minimum Gasteiger partial charge on any atom is -0.352 e. The highest BCUT2D eigenvalue weighted by atomic mass is 79.9. The molecule has 0 radical (unpaired) electrons. The average Bonchev–Trinajstić information content (AvgIpc) is 2.99. The number of primary sulfonamides is 1. The molecule has 26 heavy (non-hydrogen) atoms. The number of nitrogens with zero attached hydrogens (tertiary/aromatic N) is 1. The van der Waals surface area contributed by atoms with E-state index in [-0.39, 0.29) is 10.8 Å². The lowest BCUT2D eigenvalue weighted by atomic mass is 10.2. The molecule has 0 unspecified atom stereocenters. The van der Waals surface area contributed by atoms with Gasteiger partial charge in [0.25, 0.3) is 0 Å². The number of nitrogens with one attached hydrogen (secondary N) is 1. The van der Waals surface area contributed by atoms with Crippen molar-refractivity contribution in [3.8, 4) is 0 Å². The zero-order valence-electron chi connectivity index (χ0n) is 13.9. The van der Waals surface area contributed by atoms with Crippen LogP contribution in [-0.4, -0.2) is 18.9 Å². The molecule has 0 atom stereocenters. The Labute approximate surface area is 160 Å². The minimum atomic E-state index is -3.70. The molecule has 136 valence electrons. The van der Waals surface area contributed by atoms with Crippen LogP contribution in [0.5, 0.6) is 0 Å². The van der Waals surface area contributed by atoms with Crippen molar-refractivity contribution in [3.05, 3.63) is 64.8 Å². The number of fused-ring (bicyclic) bond motifs is 1. The van der Waals surface area contributed by atoms with Gasteiger partial charge in [-0.25, -0.2) is 13.6 Å². The van der Waals surface area contributed by atoms with Crippen LogP contribution in [0.15, 0.2) is 64.1 Å². The fraction of sp³-hybridized carbons (Fsp3) is 0.167. The molecule has 0 saturated heterocycles. The van der Waals surface area contributed by atoms with Crippen LogP contribution in [0.25, 0.3) is 10.9 Å². The topological polar surface area (TPSA) is 94.2 Å². The number of carbonyl (C=O) groups is 1. The average molecular weight is 436 g/mol. The number of sulfonamides is 1. The second kappa shape index (κ2) is 7.61. The van der Waals surface area contributed by atoms with E-state index in [2.05, 4.69) is 21.2 Å². The maximum absolute atomic E-state index is 12.1. The Hall–Kier alpha value is -2.16. The van der Waals surface area contributed by atoms with Crippen LogP contribution in [0.2, 0.25) is 0 Å². The number of halogens is 1. The molecule has 3 N–H and O–H groups in total. The van der Waals surface area contributed by atoms with Crippen molar-refractivity contribution in [2.75, 3.05) is 0 Å². The molecule has 2 aromatic carbocycles. The number of benzene rings is 2. The first-order chi connectivity index (χ1) is 12.3. The van der Waals surface area contributed by atoms with E-state index in [9.17, 15) is 13.2 Å². The largest absolute Gasteiger partial charge is 0.352 e. The van der Waals surface area contributed by atoms with Gasteiger partial charge in [-0.1, -0.05) is 28.1 Å². The normalized spacial score (nSPS) is 11.6. The van der Waals surface area contributed by atoms with Gasteiger partial charge in [0, 0.05) is 41.1 Å². The highest BCUT2D eigenvalue weighted by Crippen LogP contribution is 2.21. The zero-order valence-corrected chi connectivity index (χ0v) is 16.3. The molecule has 0 aliphatic heterocycles. The molecule has 0 fully saturated rings. The van der Waals surface area contributed by atoms with Gasteiger partial charge in [-0.15, -0.1) is 0 Å². The summed E-state index contributed by atoms with van der Waals surface area (Å²) in [7, 11) is -3.70. The standard InChI is InChI=1S/C18H18BrN3O3S/c19-15-3-6-17-14(11-15)7-9-22(17)10-8-18(23)21-12-13-1-4-16(5-2-13)26(20,24)25/h1-7,9,11H,8,10,12H2,(H,21,23)(H2,20,24,25). The smallest absolute Gasteiger partial charge is 0.238 e. The van der Waals surface area contributed by atoms with Crippen LogP contribution in [0.1, 0.15) is 12.0 Å². The van der Waals surface area contributed by atoms with Gasteiger partial charge in [0.1, 0.15) is 0 Å². The number of carbonyl (C=O) groups excluding carboxylic acids is 1. The number of aromatic nitrogens is 1. The van der Waals surface area contributed by atoms with E-state index >= 15 is 0 Å². The molecule has 1 aromatic heterocycles. The number of amides is 1. The first-order valence-electron chi connectivity index (χ1n) is 7.96. The molecule has 0 aliphatic rings. The molecule has 6 nitrogen and oxygen atoms in total. The lowest BCUT2D eigenvalue weighted by Crippen LogP contribution is -2.23. The van der Waals surface area contributed by atoms with Gasteiger partial charge in [-0.2, -0.15) is 0 Å². The summed E-state index contributed by atoms with van der Waals surface area (Å²) in [4.78, 5) is 12.1. The van der Waals surface area contributed by atoms with Gasteiger partial charge >= 0.3 is 0 Å². The predicted molar refractivity (Wildman–Crippen MR) is 104 cm³/mol. The minimum absolute atomic E-state index is 0.0544. The molecule has 0 bridgehead atoms. The van der Waals surface area contributed by atoms with Gasteiger partial charge in [0.2, 0.25) is 15.9 Å². The van der Waals surface area contributed by atoms with E-state index in [1.54, 1.807) is 12.1 Å². The summed E-state index contributed by atoms with van der Waals surface area (Å²) in [5, 5.41) is 9.02. The first kappa shape index (κ1) is 18.6. The Morgan fingerprint density at radius 3 is 2.54 bits per heavy atom. The van der Waals surface area contributed by atoms with E-state index in [4.69, 9.17) is 5.14 Å². The molecule has 3 rings (SSSR count). The first-order valence-corrected chi connectivity index (χ1v) is 10.3. The van der Waals surface area contributed by atoms with E-state index in [1.165, 1.54) is 12.1 Å². The number of hydrogen-bond acceptors (Lipinski definition) is 3. The van der Waals surface area contributed by atoms with Crippen LogP contribution in [0.4, 0.5) is 0 Å². The summed E-state index contributed by atoms with van der Waals surface area (Å²) in [5.74, 6) is -0.0699. The third kappa shape index (κ3) is 4.51. The van der Waals surface area contributed by atoms with Crippen LogP contribution in [0, 0.1) is 0 Å². The van der Waals surface area contributed by atoms with Crippen LogP contribution >= 0.6 is 15.9 Å². The van der Waals surface area contributed by atoms with E-state index in [0.29, 0.717) is 19.5 Å². The zero-order chi connectivity index (χ0) is 18.7. The van der Waals surface area contributed by atoms with Gasteiger partial charge in [0.15, 0.2) is 0 Å².